The average Bonchev–Trinajstić information content (AvgIpc) is 2.59. The number of benzene rings is 3. The Kier molecular flexibility index (Phi) is 5.94. The summed E-state index contributed by atoms with van der Waals surface area (Å²) in [5, 5.41) is 0. The fourth-order valence-corrected chi connectivity index (χ4v) is 3.97. The molecule has 0 nitrogen and oxygen atoms in total. The van der Waals surface area contributed by atoms with Crippen LogP contribution in [0.2, 0.25) is 0 Å². The van der Waals surface area contributed by atoms with Crippen LogP contribution < -0.4 is 17.0 Å². The Labute approximate surface area is 145 Å². The van der Waals surface area contributed by atoms with Crippen molar-refractivity contribution in [2.45, 2.75) is 5.41 Å². The predicted molar refractivity (Wildman–Crippen MR) is 95.2 cm³/mol. The third-order valence-corrected chi connectivity index (χ3v) is 4.92. The van der Waals surface area contributed by atoms with Crippen molar-refractivity contribution in [2.75, 3.05) is 6.16 Å². The highest BCUT2D eigenvalue weighted by atomic mass is 79.9. The Hall–Kier alpha value is -1.43. The molecule has 0 heterocycles. The standard InChI is InChI=1S/C20H19P.BrH/c21-16-20(17-10-4-1-5-11-17,18-12-6-2-7-13-18)19-14-8-3-9-15-19;/h1-15H,16,21H2;1H. The predicted octanol–water partition coefficient (Wildman–Crippen LogP) is 1.63. The summed E-state index contributed by atoms with van der Waals surface area (Å²) < 4.78 is 0. The quantitative estimate of drug-likeness (QED) is 0.483. The van der Waals surface area contributed by atoms with Gasteiger partial charge in [-0.15, -0.1) is 0 Å². The molecule has 0 N–H and O–H groups in total. The first-order valence-corrected chi connectivity index (χ1v) is 8.34. The molecule has 2 heteroatoms. The van der Waals surface area contributed by atoms with Gasteiger partial charge >= 0.3 is 0 Å². The highest BCUT2D eigenvalue weighted by molar-refractivity contribution is 7.16. The molecule has 3 aromatic carbocycles. The summed E-state index contributed by atoms with van der Waals surface area (Å²) in [7, 11) is 2.05. The van der Waals surface area contributed by atoms with Crippen molar-refractivity contribution < 1.29 is 17.0 Å². The molecule has 22 heavy (non-hydrogen) atoms. The summed E-state index contributed by atoms with van der Waals surface area (Å²) in [6.45, 7) is 0. The first kappa shape index (κ1) is 16.9. The summed E-state index contributed by atoms with van der Waals surface area (Å²) in [5.41, 5.74) is 4.01. The van der Waals surface area contributed by atoms with Crippen LogP contribution in [0.25, 0.3) is 0 Å². The van der Waals surface area contributed by atoms with Gasteiger partial charge in [0.1, 0.15) is 0 Å². The number of halogens is 1. The molecule has 0 saturated carbocycles. The van der Waals surface area contributed by atoms with Crippen LogP contribution in [0.15, 0.2) is 91.0 Å². The summed E-state index contributed by atoms with van der Waals surface area (Å²) >= 11 is 0. The largest absolute Gasteiger partial charge is 1.00 e. The van der Waals surface area contributed by atoms with E-state index in [0.29, 0.717) is 0 Å². The van der Waals surface area contributed by atoms with Gasteiger partial charge in [-0.1, -0.05) is 91.0 Å². The van der Waals surface area contributed by atoms with Gasteiger partial charge in [-0.2, -0.15) is 0 Å². The zero-order chi connectivity index (χ0) is 14.5. The number of hydrogen-bond acceptors (Lipinski definition) is 0. The molecule has 0 spiro atoms. The molecule has 0 aliphatic heterocycles. The SMILES string of the molecule is [Br-].[PH3+]CC(c1ccccc1)(c1ccccc1)c1ccccc1. The van der Waals surface area contributed by atoms with Crippen LogP contribution in [0.3, 0.4) is 0 Å². The molecule has 3 rings (SSSR count). The fraction of sp³-hybridized carbons (Fsp3) is 0.100. The van der Waals surface area contributed by atoms with Gasteiger partial charge in [0.05, 0.1) is 11.6 Å². The molecule has 0 aliphatic carbocycles. The Morgan fingerprint density at radius 2 is 0.818 bits per heavy atom. The summed E-state index contributed by atoms with van der Waals surface area (Å²) in [6.07, 6.45) is 1.06. The molecule has 3 aromatic rings. The molecule has 112 valence electrons. The maximum atomic E-state index is 2.24. The molecular formula is C20H20BrP. The Balaban J connectivity index is 0.00000176. The van der Waals surface area contributed by atoms with E-state index in [2.05, 4.69) is 91.0 Å². The van der Waals surface area contributed by atoms with Crippen LogP contribution in [0.4, 0.5) is 0 Å². The van der Waals surface area contributed by atoms with E-state index in [4.69, 9.17) is 0 Å². The van der Waals surface area contributed by atoms with E-state index in [0.717, 1.165) is 6.16 Å². The molecule has 0 bridgehead atoms. The Morgan fingerprint density at radius 1 is 0.545 bits per heavy atom. The molecule has 0 aromatic heterocycles. The van der Waals surface area contributed by atoms with Crippen molar-refractivity contribution >= 4 is 9.24 Å². The third kappa shape index (κ3) is 3.02. The van der Waals surface area contributed by atoms with E-state index in [9.17, 15) is 0 Å². The molecule has 1 unspecified atom stereocenters. The number of rotatable bonds is 4. The first-order chi connectivity index (χ1) is 10.4. The van der Waals surface area contributed by atoms with Gasteiger partial charge < -0.3 is 17.0 Å². The minimum atomic E-state index is -0.0672. The van der Waals surface area contributed by atoms with Crippen molar-refractivity contribution in [2.24, 2.45) is 0 Å². The summed E-state index contributed by atoms with van der Waals surface area (Å²) in [4.78, 5) is 0. The van der Waals surface area contributed by atoms with Gasteiger partial charge in [0.2, 0.25) is 0 Å². The molecule has 0 amide bonds. The van der Waals surface area contributed by atoms with Crippen LogP contribution >= 0.6 is 9.24 Å². The second-order valence-corrected chi connectivity index (χ2v) is 5.75. The lowest BCUT2D eigenvalue weighted by Crippen LogP contribution is -3.00. The number of hydrogen-bond donors (Lipinski definition) is 0. The summed E-state index contributed by atoms with van der Waals surface area (Å²) in [6, 6.07) is 32.5. The Morgan fingerprint density at radius 3 is 1.05 bits per heavy atom. The van der Waals surface area contributed by atoms with E-state index in [-0.39, 0.29) is 22.4 Å². The zero-order valence-electron chi connectivity index (χ0n) is 12.5. The van der Waals surface area contributed by atoms with E-state index >= 15 is 0 Å². The lowest BCUT2D eigenvalue weighted by Gasteiger charge is -2.32. The van der Waals surface area contributed by atoms with Crippen LogP contribution in [-0.2, 0) is 5.41 Å². The second kappa shape index (κ2) is 7.72. The van der Waals surface area contributed by atoms with Crippen molar-refractivity contribution in [1.82, 2.24) is 0 Å². The molecule has 1 atom stereocenters. The maximum Gasteiger partial charge on any atom is 0.0782 e. The van der Waals surface area contributed by atoms with Gasteiger partial charge in [0.25, 0.3) is 0 Å². The van der Waals surface area contributed by atoms with Gasteiger partial charge in [0.15, 0.2) is 0 Å². The minimum Gasteiger partial charge on any atom is -1.00 e. The lowest BCUT2D eigenvalue weighted by molar-refractivity contribution is -0.00000401. The minimum absolute atomic E-state index is 0. The fourth-order valence-electron chi connectivity index (χ4n) is 3.10. The smallest absolute Gasteiger partial charge is 0.0782 e. The van der Waals surface area contributed by atoms with Crippen molar-refractivity contribution in [3.05, 3.63) is 108 Å². The third-order valence-electron chi connectivity index (χ3n) is 4.17. The van der Waals surface area contributed by atoms with E-state index in [1.165, 1.54) is 16.7 Å². The topological polar surface area (TPSA) is 0 Å². The summed E-state index contributed by atoms with van der Waals surface area (Å²) in [5.74, 6) is 0. The van der Waals surface area contributed by atoms with Gasteiger partial charge in [-0.05, 0) is 25.9 Å². The molecule has 0 fully saturated rings. The first-order valence-electron chi connectivity index (χ1n) is 7.34. The zero-order valence-corrected chi connectivity index (χ0v) is 15.5. The van der Waals surface area contributed by atoms with Gasteiger partial charge in [-0.25, -0.2) is 0 Å². The van der Waals surface area contributed by atoms with Crippen LogP contribution in [0, 0.1) is 0 Å². The van der Waals surface area contributed by atoms with Crippen LogP contribution in [-0.4, -0.2) is 6.16 Å². The van der Waals surface area contributed by atoms with Gasteiger partial charge in [0, 0.05) is 0 Å². The van der Waals surface area contributed by atoms with Gasteiger partial charge in [-0.3, -0.25) is 0 Å². The molecular weight excluding hydrogens is 351 g/mol. The molecule has 0 saturated heterocycles. The van der Waals surface area contributed by atoms with Crippen molar-refractivity contribution in [1.29, 1.82) is 0 Å². The highest BCUT2D eigenvalue weighted by Crippen LogP contribution is 2.40. The monoisotopic (exact) mass is 370 g/mol. The van der Waals surface area contributed by atoms with Crippen molar-refractivity contribution in [3.63, 3.8) is 0 Å². The highest BCUT2D eigenvalue weighted by Gasteiger charge is 2.36. The van der Waals surface area contributed by atoms with E-state index in [1.54, 1.807) is 0 Å². The molecule has 0 aliphatic rings. The lowest BCUT2D eigenvalue weighted by atomic mass is 9.71. The van der Waals surface area contributed by atoms with Crippen molar-refractivity contribution in [3.8, 4) is 0 Å². The van der Waals surface area contributed by atoms with E-state index in [1.807, 2.05) is 9.24 Å². The van der Waals surface area contributed by atoms with Crippen LogP contribution in [0.5, 0.6) is 0 Å². The normalized spacial score (nSPS) is 10.9. The average molecular weight is 371 g/mol. The Bertz CT molecular complexity index is 584. The van der Waals surface area contributed by atoms with Crippen LogP contribution in [0.1, 0.15) is 16.7 Å². The molecule has 0 radical (unpaired) electrons. The van der Waals surface area contributed by atoms with E-state index < -0.39 is 0 Å². The second-order valence-electron chi connectivity index (χ2n) is 5.25. The maximum absolute atomic E-state index is 2.24.